The Morgan fingerprint density at radius 1 is 1.63 bits per heavy atom. The van der Waals surface area contributed by atoms with Gasteiger partial charge in [-0.1, -0.05) is 19.9 Å². The summed E-state index contributed by atoms with van der Waals surface area (Å²) in [6.07, 6.45) is 0.652. The molecule has 3 N–H and O–H groups in total. The first-order valence-corrected chi connectivity index (χ1v) is 7.51. The van der Waals surface area contributed by atoms with E-state index in [4.69, 9.17) is 10.5 Å². The summed E-state index contributed by atoms with van der Waals surface area (Å²) < 4.78 is 5.63. The zero-order valence-corrected chi connectivity index (χ0v) is 12.5. The topological polar surface area (TPSA) is 64.3 Å². The Balaban J connectivity index is 1.95. The zero-order valence-electron chi connectivity index (χ0n) is 11.7. The molecule has 1 aliphatic carbocycles. The summed E-state index contributed by atoms with van der Waals surface area (Å²) in [4.78, 5) is 13.5. The maximum absolute atomic E-state index is 12.3. The highest BCUT2D eigenvalue weighted by molar-refractivity contribution is 7.09. The molecule has 2 unspecified atom stereocenters. The Morgan fingerprint density at radius 3 is 2.89 bits per heavy atom. The van der Waals surface area contributed by atoms with Crippen LogP contribution in [-0.4, -0.2) is 24.2 Å². The van der Waals surface area contributed by atoms with Gasteiger partial charge in [0.05, 0.1) is 12.6 Å². The standard InChI is InChI=1S/C14H22N2O2S/c1-4-18-11-8-14(15,13(11,2)3)12(17)16-9-10-6-5-7-19-10/h5-7,11H,4,8-9,15H2,1-3H3,(H,16,17). The number of carbonyl (C=O) groups is 1. The summed E-state index contributed by atoms with van der Waals surface area (Å²) in [5.41, 5.74) is 5.14. The predicted octanol–water partition coefficient (Wildman–Crippen LogP) is 1.90. The summed E-state index contributed by atoms with van der Waals surface area (Å²) in [6.45, 7) is 7.17. The molecule has 1 aliphatic rings. The molecule has 0 aliphatic heterocycles. The van der Waals surface area contributed by atoms with Crippen molar-refractivity contribution in [1.29, 1.82) is 0 Å². The van der Waals surface area contributed by atoms with Crippen LogP contribution in [0.2, 0.25) is 0 Å². The lowest BCUT2D eigenvalue weighted by Crippen LogP contribution is -2.75. The van der Waals surface area contributed by atoms with Gasteiger partial charge < -0.3 is 15.8 Å². The number of ether oxygens (including phenoxy) is 1. The van der Waals surface area contributed by atoms with Gasteiger partial charge in [0.25, 0.3) is 0 Å². The number of amides is 1. The van der Waals surface area contributed by atoms with Crippen molar-refractivity contribution in [1.82, 2.24) is 5.32 Å². The fraction of sp³-hybridized carbons (Fsp3) is 0.643. The van der Waals surface area contributed by atoms with Gasteiger partial charge in [0.1, 0.15) is 5.54 Å². The monoisotopic (exact) mass is 282 g/mol. The SMILES string of the molecule is CCOC1CC(N)(C(=O)NCc2cccs2)C1(C)C. The van der Waals surface area contributed by atoms with Gasteiger partial charge in [0, 0.05) is 23.3 Å². The third-order valence-corrected chi connectivity index (χ3v) is 5.11. The van der Waals surface area contributed by atoms with Crippen molar-refractivity contribution in [3.63, 3.8) is 0 Å². The third-order valence-electron chi connectivity index (χ3n) is 4.24. The molecule has 0 radical (unpaired) electrons. The first-order chi connectivity index (χ1) is 8.91. The minimum absolute atomic E-state index is 0.0648. The predicted molar refractivity (Wildman–Crippen MR) is 76.9 cm³/mol. The minimum Gasteiger partial charge on any atom is -0.378 e. The van der Waals surface area contributed by atoms with E-state index in [1.165, 1.54) is 0 Å². The molecule has 4 nitrogen and oxygen atoms in total. The first-order valence-electron chi connectivity index (χ1n) is 6.63. The number of nitrogens with two attached hydrogens (primary N) is 1. The van der Waals surface area contributed by atoms with E-state index >= 15 is 0 Å². The van der Waals surface area contributed by atoms with Crippen molar-refractivity contribution in [3.8, 4) is 0 Å². The quantitative estimate of drug-likeness (QED) is 0.867. The van der Waals surface area contributed by atoms with Crippen LogP contribution in [0.1, 0.15) is 32.1 Å². The van der Waals surface area contributed by atoms with Gasteiger partial charge in [-0.3, -0.25) is 4.79 Å². The van der Waals surface area contributed by atoms with Crippen molar-refractivity contribution in [2.75, 3.05) is 6.61 Å². The number of nitrogens with one attached hydrogen (secondary N) is 1. The van der Waals surface area contributed by atoms with Crippen LogP contribution in [-0.2, 0) is 16.1 Å². The molecule has 1 saturated carbocycles. The molecule has 1 heterocycles. The molecule has 106 valence electrons. The van der Waals surface area contributed by atoms with Crippen molar-refractivity contribution in [2.45, 2.75) is 45.4 Å². The molecular formula is C14H22N2O2S. The maximum atomic E-state index is 12.3. The number of thiophene rings is 1. The Labute approximate surface area is 118 Å². The van der Waals surface area contributed by atoms with Crippen LogP contribution in [0.4, 0.5) is 0 Å². The molecule has 19 heavy (non-hydrogen) atoms. The van der Waals surface area contributed by atoms with Crippen LogP contribution in [0.15, 0.2) is 17.5 Å². The molecule has 1 fully saturated rings. The van der Waals surface area contributed by atoms with Crippen LogP contribution < -0.4 is 11.1 Å². The minimum atomic E-state index is -0.829. The molecule has 0 bridgehead atoms. The van der Waals surface area contributed by atoms with E-state index < -0.39 is 5.54 Å². The molecule has 2 atom stereocenters. The molecule has 0 spiro atoms. The highest BCUT2D eigenvalue weighted by Gasteiger charge is 2.62. The molecule has 1 aromatic rings. The summed E-state index contributed by atoms with van der Waals surface area (Å²) in [7, 11) is 0. The van der Waals surface area contributed by atoms with Gasteiger partial charge in [0.2, 0.25) is 5.91 Å². The zero-order chi connectivity index (χ0) is 14.1. The average molecular weight is 282 g/mol. The smallest absolute Gasteiger partial charge is 0.241 e. The Kier molecular flexibility index (Phi) is 3.99. The van der Waals surface area contributed by atoms with E-state index in [9.17, 15) is 4.79 Å². The maximum Gasteiger partial charge on any atom is 0.241 e. The molecule has 2 rings (SSSR count). The Morgan fingerprint density at radius 2 is 2.37 bits per heavy atom. The van der Waals surface area contributed by atoms with Gasteiger partial charge >= 0.3 is 0 Å². The van der Waals surface area contributed by atoms with Crippen LogP contribution in [0.5, 0.6) is 0 Å². The fourth-order valence-electron chi connectivity index (χ4n) is 2.56. The Hall–Kier alpha value is -0.910. The van der Waals surface area contributed by atoms with E-state index in [-0.39, 0.29) is 17.4 Å². The van der Waals surface area contributed by atoms with Gasteiger partial charge in [-0.15, -0.1) is 11.3 Å². The number of hydrogen-bond donors (Lipinski definition) is 2. The summed E-state index contributed by atoms with van der Waals surface area (Å²) in [6, 6.07) is 3.98. The molecule has 1 amide bonds. The lowest BCUT2D eigenvalue weighted by molar-refractivity contribution is -0.170. The van der Waals surface area contributed by atoms with Gasteiger partial charge in [-0.05, 0) is 18.4 Å². The summed E-state index contributed by atoms with van der Waals surface area (Å²) in [5, 5.41) is 4.93. The van der Waals surface area contributed by atoms with Crippen LogP contribution >= 0.6 is 11.3 Å². The second-order valence-electron chi connectivity index (χ2n) is 5.60. The van der Waals surface area contributed by atoms with Crippen LogP contribution in [0, 0.1) is 5.41 Å². The third kappa shape index (κ3) is 2.42. The second-order valence-corrected chi connectivity index (χ2v) is 6.64. The largest absolute Gasteiger partial charge is 0.378 e. The van der Waals surface area contributed by atoms with Crippen molar-refractivity contribution in [3.05, 3.63) is 22.4 Å². The van der Waals surface area contributed by atoms with E-state index in [2.05, 4.69) is 5.32 Å². The second kappa shape index (κ2) is 5.23. The molecule has 0 aromatic carbocycles. The molecule has 0 saturated heterocycles. The highest BCUT2D eigenvalue weighted by atomic mass is 32.1. The number of hydrogen-bond acceptors (Lipinski definition) is 4. The fourth-order valence-corrected chi connectivity index (χ4v) is 3.20. The summed E-state index contributed by atoms with van der Waals surface area (Å²) in [5.74, 6) is -0.0816. The summed E-state index contributed by atoms with van der Waals surface area (Å²) >= 11 is 1.63. The van der Waals surface area contributed by atoms with Crippen molar-refractivity contribution < 1.29 is 9.53 Å². The number of rotatable bonds is 5. The van der Waals surface area contributed by atoms with E-state index in [0.29, 0.717) is 19.6 Å². The van der Waals surface area contributed by atoms with Crippen LogP contribution in [0.25, 0.3) is 0 Å². The lowest BCUT2D eigenvalue weighted by atomic mass is 9.54. The van der Waals surface area contributed by atoms with Crippen LogP contribution in [0.3, 0.4) is 0 Å². The lowest BCUT2D eigenvalue weighted by Gasteiger charge is -2.57. The first kappa shape index (κ1) is 14.5. The highest BCUT2D eigenvalue weighted by Crippen LogP contribution is 2.49. The van der Waals surface area contributed by atoms with Gasteiger partial charge in [0.15, 0.2) is 0 Å². The van der Waals surface area contributed by atoms with Gasteiger partial charge in [-0.2, -0.15) is 0 Å². The molecular weight excluding hydrogens is 260 g/mol. The van der Waals surface area contributed by atoms with Crippen molar-refractivity contribution in [2.24, 2.45) is 11.1 Å². The number of carbonyl (C=O) groups excluding carboxylic acids is 1. The van der Waals surface area contributed by atoms with Crippen molar-refractivity contribution >= 4 is 17.2 Å². The van der Waals surface area contributed by atoms with Gasteiger partial charge in [-0.25, -0.2) is 0 Å². The normalized spacial score (nSPS) is 28.7. The van der Waals surface area contributed by atoms with E-state index in [1.807, 2.05) is 38.3 Å². The molecule has 5 heteroatoms. The average Bonchev–Trinajstić information content (AvgIpc) is 2.88. The molecule has 1 aromatic heterocycles. The van der Waals surface area contributed by atoms with E-state index in [1.54, 1.807) is 11.3 Å². The Bertz CT molecular complexity index is 444. The van der Waals surface area contributed by atoms with E-state index in [0.717, 1.165) is 4.88 Å².